The number of benzene rings is 2. The van der Waals surface area contributed by atoms with Crippen molar-refractivity contribution >= 4 is 21.6 Å². The molecule has 1 aliphatic heterocycles. The van der Waals surface area contributed by atoms with E-state index >= 15 is 0 Å². The molecule has 0 saturated carbocycles. The number of piperidine rings is 1. The predicted octanol–water partition coefficient (Wildman–Crippen LogP) is 2.12. The van der Waals surface area contributed by atoms with Crippen LogP contribution in [0.3, 0.4) is 0 Å². The molecule has 0 bridgehead atoms. The summed E-state index contributed by atoms with van der Waals surface area (Å²) in [6.07, 6.45) is 1.28. The van der Waals surface area contributed by atoms with Crippen LogP contribution in [-0.2, 0) is 21.2 Å². The van der Waals surface area contributed by atoms with Gasteiger partial charge in [0, 0.05) is 31.3 Å². The lowest BCUT2D eigenvalue weighted by Crippen LogP contribution is -2.46. The van der Waals surface area contributed by atoms with Gasteiger partial charge in [-0.3, -0.25) is 14.9 Å². The smallest absolute Gasteiger partial charge is 0.269 e. The maximum Gasteiger partial charge on any atom is 0.269 e. The van der Waals surface area contributed by atoms with Gasteiger partial charge in [0.1, 0.15) is 5.75 Å². The summed E-state index contributed by atoms with van der Waals surface area (Å²) in [5.74, 6) is 0.726. The zero-order chi connectivity index (χ0) is 21.7. The zero-order valence-corrected chi connectivity index (χ0v) is 17.3. The number of methoxy groups -OCH3 is 1. The standard InChI is InChI=1S/C20H23N3O6S/c1-29-18-6-2-15(3-7-18)14-20(24)22-12-10-16(11-13-22)21-30(27,28)19-8-4-17(5-9-19)23(25)26/h2-9,16,21H,10-14H2,1H3. The van der Waals surface area contributed by atoms with Crippen molar-refractivity contribution < 1.29 is 22.9 Å². The number of carbonyl (C=O) groups is 1. The van der Waals surface area contributed by atoms with E-state index in [0.717, 1.165) is 23.4 Å². The molecule has 0 spiro atoms. The Morgan fingerprint density at radius 1 is 1.13 bits per heavy atom. The highest BCUT2D eigenvalue weighted by molar-refractivity contribution is 7.89. The van der Waals surface area contributed by atoms with Crippen molar-refractivity contribution in [3.8, 4) is 5.75 Å². The lowest BCUT2D eigenvalue weighted by molar-refractivity contribution is -0.384. The largest absolute Gasteiger partial charge is 0.497 e. The van der Waals surface area contributed by atoms with E-state index in [1.54, 1.807) is 12.0 Å². The van der Waals surface area contributed by atoms with E-state index in [0.29, 0.717) is 25.9 Å². The number of nitro benzene ring substituents is 1. The molecule has 160 valence electrons. The molecule has 1 saturated heterocycles. The number of nitrogens with one attached hydrogen (secondary N) is 1. The van der Waals surface area contributed by atoms with Crippen LogP contribution in [0.25, 0.3) is 0 Å². The third kappa shape index (κ3) is 5.33. The van der Waals surface area contributed by atoms with Gasteiger partial charge < -0.3 is 9.64 Å². The van der Waals surface area contributed by atoms with Gasteiger partial charge in [-0.2, -0.15) is 0 Å². The molecule has 0 aromatic heterocycles. The van der Waals surface area contributed by atoms with Gasteiger partial charge in [-0.1, -0.05) is 12.1 Å². The van der Waals surface area contributed by atoms with E-state index in [-0.39, 0.29) is 29.0 Å². The first kappa shape index (κ1) is 21.7. The van der Waals surface area contributed by atoms with Gasteiger partial charge in [-0.15, -0.1) is 0 Å². The molecule has 0 atom stereocenters. The molecule has 2 aromatic carbocycles. The highest BCUT2D eigenvalue weighted by Gasteiger charge is 2.27. The minimum atomic E-state index is -3.78. The van der Waals surface area contributed by atoms with Crippen LogP contribution in [0.5, 0.6) is 5.75 Å². The van der Waals surface area contributed by atoms with Gasteiger partial charge in [0.05, 0.1) is 23.3 Å². The molecule has 30 heavy (non-hydrogen) atoms. The Balaban J connectivity index is 1.53. The van der Waals surface area contributed by atoms with Crippen molar-refractivity contribution in [2.75, 3.05) is 20.2 Å². The number of hydrogen-bond acceptors (Lipinski definition) is 6. The van der Waals surface area contributed by atoms with Gasteiger partial charge in [0.2, 0.25) is 15.9 Å². The van der Waals surface area contributed by atoms with Gasteiger partial charge in [0.15, 0.2) is 0 Å². The summed E-state index contributed by atoms with van der Waals surface area (Å²) in [5, 5.41) is 10.7. The van der Waals surface area contributed by atoms with Crippen molar-refractivity contribution in [3.05, 3.63) is 64.2 Å². The number of amides is 1. The second-order valence-electron chi connectivity index (χ2n) is 7.05. The van der Waals surface area contributed by atoms with Crippen LogP contribution in [0.15, 0.2) is 53.4 Å². The summed E-state index contributed by atoms with van der Waals surface area (Å²) in [7, 11) is -2.20. The van der Waals surface area contributed by atoms with Gasteiger partial charge in [-0.05, 0) is 42.7 Å². The van der Waals surface area contributed by atoms with E-state index in [4.69, 9.17) is 4.74 Å². The van der Waals surface area contributed by atoms with Crippen LogP contribution in [0.4, 0.5) is 5.69 Å². The maximum atomic E-state index is 12.5. The number of ether oxygens (including phenoxy) is 1. The first-order valence-corrected chi connectivity index (χ1v) is 10.9. The molecule has 1 N–H and O–H groups in total. The molecular formula is C20H23N3O6S. The van der Waals surface area contributed by atoms with E-state index in [1.807, 2.05) is 24.3 Å². The predicted molar refractivity (Wildman–Crippen MR) is 110 cm³/mol. The lowest BCUT2D eigenvalue weighted by Gasteiger charge is -2.32. The summed E-state index contributed by atoms with van der Waals surface area (Å²) in [6.45, 7) is 0.922. The Hall–Kier alpha value is -2.98. The SMILES string of the molecule is COc1ccc(CC(=O)N2CCC(NS(=O)(=O)c3ccc([N+](=O)[O-])cc3)CC2)cc1. The molecule has 0 radical (unpaired) electrons. The quantitative estimate of drug-likeness (QED) is 0.528. The second kappa shape index (κ2) is 9.23. The molecule has 0 aliphatic carbocycles. The van der Waals surface area contributed by atoms with Crippen LogP contribution in [0.2, 0.25) is 0 Å². The van der Waals surface area contributed by atoms with Crippen LogP contribution in [0.1, 0.15) is 18.4 Å². The number of nitrogens with zero attached hydrogens (tertiary/aromatic N) is 2. The first-order valence-electron chi connectivity index (χ1n) is 9.46. The minimum absolute atomic E-state index is 0.00292. The Bertz CT molecular complexity index is 998. The average Bonchev–Trinajstić information content (AvgIpc) is 2.74. The molecule has 10 heteroatoms. The number of non-ortho nitro benzene ring substituents is 1. The normalized spacial score (nSPS) is 15.0. The zero-order valence-electron chi connectivity index (χ0n) is 16.5. The molecule has 2 aromatic rings. The van der Waals surface area contributed by atoms with Crippen LogP contribution < -0.4 is 9.46 Å². The Labute approximate surface area is 174 Å². The molecule has 0 unspecified atom stereocenters. The minimum Gasteiger partial charge on any atom is -0.497 e. The van der Waals surface area contributed by atoms with Crippen molar-refractivity contribution in [1.82, 2.24) is 9.62 Å². The average molecular weight is 433 g/mol. The monoisotopic (exact) mass is 433 g/mol. The molecule has 1 amide bonds. The van der Waals surface area contributed by atoms with Crippen molar-refractivity contribution in [1.29, 1.82) is 0 Å². The van der Waals surface area contributed by atoms with E-state index in [1.165, 1.54) is 12.1 Å². The topological polar surface area (TPSA) is 119 Å². The van der Waals surface area contributed by atoms with Gasteiger partial charge >= 0.3 is 0 Å². The Kier molecular flexibility index (Phi) is 6.68. The van der Waals surface area contributed by atoms with Crippen LogP contribution in [-0.4, -0.2) is 50.4 Å². The summed E-state index contributed by atoms with van der Waals surface area (Å²) in [5.41, 5.74) is 0.722. The fraction of sp³-hybridized carbons (Fsp3) is 0.350. The van der Waals surface area contributed by atoms with E-state index in [9.17, 15) is 23.3 Å². The number of nitro groups is 1. The summed E-state index contributed by atoms with van der Waals surface area (Å²) in [4.78, 5) is 24.4. The highest BCUT2D eigenvalue weighted by Crippen LogP contribution is 2.19. The Morgan fingerprint density at radius 2 is 1.73 bits per heavy atom. The fourth-order valence-electron chi connectivity index (χ4n) is 3.31. The molecule has 1 aliphatic rings. The third-order valence-corrected chi connectivity index (χ3v) is 6.58. The summed E-state index contributed by atoms with van der Waals surface area (Å²) < 4.78 is 32.8. The molecule has 3 rings (SSSR count). The highest BCUT2D eigenvalue weighted by atomic mass is 32.2. The van der Waals surface area contributed by atoms with Crippen molar-refractivity contribution in [2.24, 2.45) is 0 Å². The van der Waals surface area contributed by atoms with Crippen molar-refractivity contribution in [2.45, 2.75) is 30.2 Å². The van der Waals surface area contributed by atoms with E-state index < -0.39 is 14.9 Å². The number of sulfonamides is 1. The number of rotatable bonds is 7. The molecule has 1 heterocycles. The maximum absolute atomic E-state index is 12.5. The van der Waals surface area contributed by atoms with E-state index in [2.05, 4.69) is 4.72 Å². The third-order valence-electron chi connectivity index (χ3n) is 5.04. The van der Waals surface area contributed by atoms with Gasteiger partial charge in [-0.25, -0.2) is 13.1 Å². The Morgan fingerprint density at radius 3 is 2.27 bits per heavy atom. The second-order valence-corrected chi connectivity index (χ2v) is 8.77. The molecular weight excluding hydrogens is 410 g/mol. The van der Waals surface area contributed by atoms with Crippen molar-refractivity contribution in [3.63, 3.8) is 0 Å². The first-order chi connectivity index (χ1) is 14.3. The van der Waals surface area contributed by atoms with Crippen LogP contribution >= 0.6 is 0 Å². The van der Waals surface area contributed by atoms with Crippen LogP contribution in [0, 0.1) is 10.1 Å². The molecule has 9 nitrogen and oxygen atoms in total. The van der Waals surface area contributed by atoms with Gasteiger partial charge in [0.25, 0.3) is 5.69 Å². The summed E-state index contributed by atoms with van der Waals surface area (Å²) in [6, 6.07) is 11.8. The lowest BCUT2D eigenvalue weighted by atomic mass is 10.0. The number of likely N-dealkylation sites (tertiary alicyclic amines) is 1. The summed E-state index contributed by atoms with van der Waals surface area (Å²) >= 11 is 0. The molecule has 1 fully saturated rings. The fourth-order valence-corrected chi connectivity index (χ4v) is 4.62. The number of hydrogen-bond donors (Lipinski definition) is 1. The number of carbonyl (C=O) groups excluding carboxylic acids is 1.